The number of benzene rings is 1. The van der Waals surface area contributed by atoms with E-state index in [0.29, 0.717) is 12.3 Å². The third-order valence-corrected chi connectivity index (χ3v) is 3.62. The fourth-order valence-electron chi connectivity index (χ4n) is 1.33. The van der Waals surface area contributed by atoms with Crippen molar-refractivity contribution in [3.8, 4) is 10.6 Å². The molecule has 5 heteroatoms. The van der Waals surface area contributed by atoms with Crippen LogP contribution in [0.5, 0.6) is 0 Å². The topological polar surface area (TPSA) is 39.2 Å². The van der Waals surface area contributed by atoms with Crippen LogP contribution in [-0.2, 0) is 4.74 Å². The first kappa shape index (κ1) is 12.5. The van der Waals surface area contributed by atoms with Crippen LogP contribution in [0, 0.1) is 3.57 Å². The van der Waals surface area contributed by atoms with Gasteiger partial charge in [-0.2, -0.15) is 0 Å². The lowest BCUT2D eigenvalue weighted by Gasteiger charge is -1.97. The van der Waals surface area contributed by atoms with Gasteiger partial charge in [0.25, 0.3) is 0 Å². The van der Waals surface area contributed by atoms with Gasteiger partial charge >= 0.3 is 5.97 Å². The van der Waals surface area contributed by atoms with E-state index in [4.69, 9.17) is 4.74 Å². The summed E-state index contributed by atoms with van der Waals surface area (Å²) in [5.74, 6) is -0.361. The van der Waals surface area contributed by atoms with Crippen molar-refractivity contribution in [3.63, 3.8) is 0 Å². The molecule has 0 aliphatic carbocycles. The maximum atomic E-state index is 11.5. The van der Waals surface area contributed by atoms with Crippen molar-refractivity contribution in [2.24, 2.45) is 0 Å². The number of carbonyl (C=O) groups excluding carboxylic acids is 1. The van der Waals surface area contributed by atoms with Crippen LogP contribution in [0.2, 0.25) is 0 Å². The number of carbonyl (C=O) groups is 1. The van der Waals surface area contributed by atoms with E-state index in [2.05, 4.69) is 27.6 Å². The van der Waals surface area contributed by atoms with Crippen molar-refractivity contribution >= 4 is 39.9 Å². The van der Waals surface area contributed by atoms with Gasteiger partial charge in [0.2, 0.25) is 0 Å². The van der Waals surface area contributed by atoms with Gasteiger partial charge < -0.3 is 4.74 Å². The summed E-state index contributed by atoms with van der Waals surface area (Å²) in [6.07, 6.45) is 0. The molecular formula is C12H10INO2S. The Bertz CT molecular complexity index is 539. The molecule has 0 spiro atoms. The van der Waals surface area contributed by atoms with Crippen molar-refractivity contribution in [2.45, 2.75) is 6.92 Å². The van der Waals surface area contributed by atoms with E-state index in [-0.39, 0.29) is 5.97 Å². The summed E-state index contributed by atoms with van der Waals surface area (Å²) in [7, 11) is 0. The maximum Gasteiger partial charge on any atom is 0.357 e. The summed E-state index contributed by atoms with van der Waals surface area (Å²) in [6.45, 7) is 2.15. The third kappa shape index (κ3) is 3.04. The standard InChI is InChI=1S/C12H10INO2S/c1-2-16-12(15)10-7-17-11(14-10)8-4-3-5-9(13)6-8/h3-7H,2H2,1H3. The van der Waals surface area contributed by atoms with Gasteiger partial charge in [0, 0.05) is 14.5 Å². The Morgan fingerprint density at radius 3 is 3.06 bits per heavy atom. The first-order chi connectivity index (χ1) is 8.20. The van der Waals surface area contributed by atoms with Crippen molar-refractivity contribution in [3.05, 3.63) is 38.9 Å². The van der Waals surface area contributed by atoms with Gasteiger partial charge in [-0.1, -0.05) is 12.1 Å². The molecule has 0 amide bonds. The van der Waals surface area contributed by atoms with Crippen LogP contribution in [0.15, 0.2) is 29.6 Å². The van der Waals surface area contributed by atoms with Crippen molar-refractivity contribution in [2.75, 3.05) is 6.61 Å². The van der Waals surface area contributed by atoms with Crippen molar-refractivity contribution in [1.29, 1.82) is 0 Å². The molecule has 0 N–H and O–H groups in total. The molecule has 3 nitrogen and oxygen atoms in total. The molecule has 2 rings (SSSR count). The van der Waals surface area contributed by atoms with Gasteiger partial charge in [0.15, 0.2) is 5.69 Å². The number of ether oxygens (including phenoxy) is 1. The summed E-state index contributed by atoms with van der Waals surface area (Å²) in [5.41, 5.74) is 1.41. The number of nitrogens with zero attached hydrogens (tertiary/aromatic N) is 1. The quantitative estimate of drug-likeness (QED) is 0.621. The maximum absolute atomic E-state index is 11.5. The highest BCUT2D eigenvalue weighted by Crippen LogP contribution is 2.25. The van der Waals surface area contributed by atoms with Crippen molar-refractivity contribution < 1.29 is 9.53 Å². The highest BCUT2D eigenvalue weighted by atomic mass is 127. The summed E-state index contributed by atoms with van der Waals surface area (Å²) in [4.78, 5) is 15.8. The van der Waals surface area contributed by atoms with E-state index in [0.717, 1.165) is 14.1 Å². The monoisotopic (exact) mass is 359 g/mol. The highest BCUT2D eigenvalue weighted by molar-refractivity contribution is 14.1. The number of hydrogen-bond donors (Lipinski definition) is 0. The van der Waals surface area contributed by atoms with Gasteiger partial charge in [-0.25, -0.2) is 9.78 Å². The summed E-state index contributed by atoms with van der Waals surface area (Å²) in [6, 6.07) is 8.01. The minimum atomic E-state index is -0.361. The van der Waals surface area contributed by atoms with Gasteiger partial charge in [-0.05, 0) is 41.6 Å². The number of hydrogen-bond acceptors (Lipinski definition) is 4. The molecule has 0 saturated carbocycles. The first-order valence-electron chi connectivity index (χ1n) is 5.09. The minimum absolute atomic E-state index is 0.361. The average Bonchev–Trinajstić information content (AvgIpc) is 2.78. The highest BCUT2D eigenvalue weighted by Gasteiger charge is 2.12. The molecular weight excluding hydrogens is 349 g/mol. The van der Waals surface area contributed by atoms with E-state index in [9.17, 15) is 4.79 Å². The molecule has 1 aromatic carbocycles. The lowest BCUT2D eigenvalue weighted by atomic mass is 10.2. The van der Waals surface area contributed by atoms with E-state index in [1.807, 2.05) is 24.3 Å². The predicted molar refractivity (Wildman–Crippen MR) is 76.2 cm³/mol. The molecule has 0 bridgehead atoms. The molecule has 0 saturated heterocycles. The molecule has 0 aliphatic rings. The van der Waals surface area contributed by atoms with Gasteiger partial charge in [-0.3, -0.25) is 0 Å². The SMILES string of the molecule is CCOC(=O)c1csc(-c2cccc(I)c2)n1. The zero-order valence-corrected chi connectivity index (χ0v) is 12.1. The Balaban J connectivity index is 2.27. The number of thiazole rings is 1. The smallest absolute Gasteiger partial charge is 0.357 e. The Morgan fingerprint density at radius 1 is 1.53 bits per heavy atom. The number of halogens is 1. The van der Waals surface area contributed by atoms with Crippen LogP contribution in [0.3, 0.4) is 0 Å². The fraction of sp³-hybridized carbons (Fsp3) is 0.167. The zero-order chi connectivity index (χ0) is 12.3. The number of aromatic nitrogens is 1. The third-order valence-electron chi connectivity index (χ3n) is 2.06. The number of rotatable bonds is 3. The summed E-state index contributed by atoms with van der Waals surface area (Å²) in [5, 5.41) is 2.57. The molecule has 0 unspecified atom stereocenters. The normalized spacial score (nSPS) is 10.2. The van der Waals surface area contributed by atoms with Gasteiger partial charge in [0.05, 0.1) is 6.61 Å². The van der Waals surface area contributed by atoms with Crippen LogP contribution in [-0.4, -0.2) is 17.6 Å². The Labute approximate surface area is 117 Å². The first-order valence-corrected chi connectivity index (χ1v) is 7.05. The van der Waals surface area contributed by atoms with Crippen LogP contribution >= 0.6 is 33.9 Å². The Morgan fingerprint density at radius 2 is 2.35 bits per heavy atom. The fourth-order valence-corrected chi connectivity index (χ4v) is 2.66. The molecule has 88 valence electrons. The second kappa shape index (κ2) is 5.59. The zero-order valence-electron chi connectivity index (χ0n) is 9.14. The molecule has 0 radical (unpaired) electrons. The largest absolute Gasteiger partial charge is 0.461 e. The van der Waals surface area contributed by atoms with Crippen LogP contribution < -0.4 is 0 Å². The van der Waals surface area contributed by atoms with E-state index in [1.165, 1.54) is 11.3 Å². The second-order valence-corrected chi connectivity index (χ2v) is 5.37. The van der Waals surface area contributed by atoms with Crippen molar-refractivity contribution in [1.82, 2.24) is 4.98 Å². The Hall–Kier alpha value is -0.950. The lowest BCUT2D eigenvalue weighted by molar-refractivity contribution is 0.0520. The van der Waals surface area contributed by atoms with Gasteiger partial charge in [-0.15, -0.1) is 11.3 Å². The molecule has 1 aromatic heterocycles. The number of esters is 1. The van der Waals surface area contributed by atoms with Crippen LogP contribution in [0.25, 0.3) is 10.6 Å². The predicted octanol–water partition coefficient (Wildman–Crippen LogP) is 3.59. The van der Waals surface area contributed by atoms with Crippen LogP contribution in [0.1, 0.15) is 17.4 Å². The average molecular weight is 359 g/mol. The molecule has 17 heavy (non-hydrogen) atoms. The summed E-state index contributed by atoms with van der Waals surface area (Å²) >= 11 is 3.70. The van der Waals surface area contributed by atoms with Gasteiger partial charge in [0.1, 0.15) is 5.01 Å². The van der Waals surface area contributed by atoms with Crippen LogP contribution in [0.4, 0.5) is 0 Å². The molecule has 1 heterocycles. The molecule has 0 atom stereocenters. The van der Waals surface area contributed by atoms with E-state index < -0.39 is 0 Å². The second-order valence-electron chi connectivity index (χ2n) is 3.27. The minimum Gasteiger partial charge on any atom is -0.461 e. The molecule has 2 aromatic rings. The molecule has 0 fully saturated rings. The lowest BCUT2D eigenvalue weighted by Crippen LogP contribution is -2.04. The van der Waals surface area contributed by atoms with E-state index >= 15 is 0 Å². The Kier molecular flexibility index (Phi) is 4.11. The van der Waals surface area contributed by atoms with E-state index in [1.54, 1.807) is 12.3 Å². The summed E-state index contributed by atoms with van der Waals surface area (Å²) < 4.78 is 6.05. The molecule has 0 aliphatic heterocycles.